The van der Waals surface area contributed by atoms with Gasteiger partial charge in [-0.25, -0.2) is 14.0 Å². The summed E-state index contributed by atoms with van der Waals surface area (Å²) in [5.74, 6) is -1.17. The van der Waals surface area contributed by atoms with E-state index in [1.54, 1.807) is 6.92 Å². The highest BCUT2D eigenvalue weighted by atomic mass is 19.1. The first-order valence-electron chi connectivity index (χ1n) is 8.24. The second-order valence-corrected chi connectivity index (χ2v) is 6.46. The number of fused-ring (bicyclic) bond motifs is 5. The fourth-order valence-corrected chi connectivity index (χ4v) is 3.73. The highest BCUT2D eigenvalue weighted by Gasteiger charge is 2.48. The minimum Gasteiger partial charge on any atom is -0.444 e. The number of carbonyl (C=O) groups excluding carboxylic acids is 2. The molecular weight excluding hydrogens is 331 g/mol. The topological polar surface area (TPSA) is 81.8 Å². The number of ether oxygens (including phenoxy) is 1. The van der Waals surface area contributed by atoms with Crippen LogP contribution in [0.5, 0.6) is 0 Å². The lowest BCUT2D eigenvalue weighted by molar-refractivity contribution is -0.119. The molecule has 25 heavy (non-hydrogen) atoms. The molecular formula is C17H17FN2O5. The van der Waals surface area contributed by atoms with Crippen molar-refractivity contribution >= 4 is 28.7 Å². The number of aryl methyl sites for hydroxylation is 1. The summed E-state index contributed by atoms with van der Waals surface area (Å²) in [6.07, 6.45) is 0.599. The molecule has 0 saturated carbocycles. The molecule has 0 aliphatic carbocycles. The van der Waals surface area contributed by atoms with E-state index in [0.29, 0.717) is 36.9 Å². The molecule has 0 N–H and O–H groups in total. The Labute approximate surface area is 141 Å². The predicted molar refractivity (Wildman–Crippen MR) is 86.2 cm³/mol. The molecule has 3 heterocycles. The van der Waals surface area contributed by atoms with Crippen LogP contribution in [0.15, 0.2) is 15.3 Å². The summed E-state index contributed by atoms with van der Waals surface area (Å²) in [6, 6.07) is 0.927. The zero-order valence-corrected chi connectivity index (χ0v) is 13.9. The van der Waals surface area contributed by atoms with E-state index in [-0.39, 0.29) is 22.9 Å². The number of rotatable bonds is 4. The summed E-state index contributed by atoms with van der Waals surface area (Å²) in [6.45, 7) is 1.79. The Morgan fingerprint density at radius 1 is 1.40 bits per heavy atom. The maximum Gasteiger partial charge on any atom is 0.419 e. The average Bonchev–Trinajstić information content (AvgIpc) is 3.19. The highest BCUT2D eigenvalue weighted by Crippen LogP contribution is 2.43. The van der Waals surface area contributed by atoms with Crippen molar-refractivity contribution in [3.63, 3.8) is 0 Å². The van der Waals surface area contributed by atoms with Crippen molar-refractivity contribution in [2.24, 2.45) is 7.05 Å². The second-order valence-electron chi connectivity index (χ2n) is 6.46. The molecule has 1 aromatic carbocycles. The Morgan fingerprint density at radius 2 is 2.16 bits per heavy atom. The van der Waals surface area contributed by atoms with Crippen LogP contribution < -0.4 is 10.7 Å². The third kappa shape index (κ3) is 2.20. The Bertz CT molecular complexity index is 960. The van der Waals surface area contributed by atoms with E-state index in [4.69, 9.17) is 9.15 Å². The standard InChI is InChI=1S/C17H17FN2O5/c1-3-8(21)4-5-13-12-6-9-11(20(12)17(23)24-13)7-10(18)14-15(9)25-16(22)19(14)2/h7,12-13H,3-6H2,1-2H3/t12-,13-/m0/s1. The molecule has 2 aliphatic rings. The molecule has 1 saturated heterocycles. The number of nitrogens with zero attached hydrogens (tertiary/aromatic N) is 2. The van der Waals surface area contributed by atoms with E-state index < -0.39 is 23.8 Å². The lowest BCUT2D eigenvalue weighted by atomic mass is 10.00. The number of amides is 1. The fourth-order valence-electron chi connectivity index (χ4n) is 3.73. The van der Waals surface area contributed by atoms with Gasteiger partial charge in [0.2, 0.25) is 0 Å². The van der Waals surface area contributed by atoms with Crippen molar-refractivity contribution in [2.75, 3.05) is 4.90 Å². The van der Waals surface area contributed by atoms with Gasteiger partial charge in [-0.15, -0.1) is 0 Å². The Hall–Kier alpha value is -2.64. The summed E-state index contributed by atoms with van der Waals surface area (Å²) in [7, 11) is 1.44. The quantitative estimate of drug-likeness (QED) is 0.847. The minimum atomic E-state index is -0.651. The number of hydrogen-bond donors (Lipinski definition) is 0. The maximum atomic E-state index is 14.5. The Kier molecular flexibility index (Phi) is 3.45. The molecule has 1 amide bonds. The first kappa shape index (κ1) is 15.9. The number of ketones is 1. The van der Waals surface area contributed by atoms with Crippen molar-refractivity contribution in [1.82, 2.24) is 4.57 Å². The molecule has 7 nitrogen and oxygen atoms in total. The van der Waals surface area contributed by atoms with Crippen molar-refractivity contribution in [3.8, 4) is 0 Å². The van der Waals surface area contributed by atoms with Crippen LogP contribution in [0.1, 0.15) is 31.7 Å². The van der Waals surface area contributed by atoms with E-state index in [2.05, 4.69) is 0 Å². The molecule has 4 rings (SSSR count). The van der Waals surface area contributed by atoms with Crippen molar-refractivity contribution < 1.29 is 23.1 Å². The highest BCUT2D eigenvalue weighted by molar-refractivity contribution is 5.98. The first-order chi connectivity index (χ1) is 11.9. The number of halogens is 1. The monoisotopic (exact) mass is 348 g/mol. The molecule has 0 bridgehead atoms. The van der Waals surface area contributed by atoms with Crippen LogP contribution >= 0.6 is 0 Å². The zero-order valence-electron chi connectivity index (χ0n) is 13.9. The third-order valence-electron chi connectivity index (χ3n) is 5.07. The third-order valence-corrected chi connectivity index (χ3v) is 5.07. The SMILES string of the molecule is CCC(=O)CC[C@@H]1OC(=O)N2c3cc(F)c4c(oc(=O)n4C)c3C[C@@H]12. The van der Waals surface area contributed by atoms with Gasteiger partial charge in [0.15, 0.2) is 11.4 Å². The second kappa shape index (κ2) is 5.44. The molecule has 2 atom stereocenters. The van der Waals surface area contributed by atoms with Gasteiger partial charge in [0.05, 0.1) is 11.7 Å². The number of hydrogen-bond acceptors (Lipinski definition) is 5. The summed E-state index contributed by atoms with van der Waals surface area (Å²) in [5, 5.41) is 0. The Balaban J connectivity index is 1.74. The van der Waals surface area contributed by atoms with Gasteiger partial charge >= 0.3 is 11.8 Å². The number of cyclic esters (lactones) is 1. The largest absolute Gasteiger partial charge is 0.444 e. The van der Waals surface area contributed by atoms with Crippen LogP contribution in [0.3, 0.4) is 0 Å². The molecule has 2 aromatic rings. The lowest BCUT2D eigenvalue weighted by Gasteiger charge is -2.16. The molecule has 8 heteroatoms. The van der Waals surface area contributed by atoms with Crippen LogP contribution in [-0.2, 0) is 23.0 Å². The van der Waals surface area contributed by atoms with Gasteiger partial charge < -0.3 is 9.15 Å². The van der Waals surface area contributed by atoms with E-state index in [1.807, 2.05) is 0 Å². The molecule has 1 aromatic heterocycles. The van der Waals surface area contributed by atoms with Crippen molar-refractivity contribution in [1.29, 1.82) is 0 Å². The van der Waals surface area contributed by atoms with Gasteiger partial charge in [0, 0.05) is 37.9 Å². The molecule has 0 radical (unpaired) electrons. The average molecular weight is 348 g/mol. The van der Waals surface area contributed by atoms with Crippen molar-refractivity contribution in [3.05, 3.63) is 28.0 Å². The van der Waals surface area contributed by atoms with E-state index in [0.717, 1.165) is 4.57 Å². The molecule has 1 fully saturated rings. The smallest absolute Gasteiger partial charge is 0.419 e. The van der Waals surface area contributed by atoms with Gasteiger partial charge in [0.25, 0.3) is 0 Å². The molecule has 132 valence electrons. The van der Waals surface area contributed by atoms with Crippen molar-refractivity contribution in [2.45, 2.75) is 44.8 Å². The number of Topliss-reactive ketones (excluding diaryl/α,β-unsaturated/α-hetero) is 1. The van der Waals surface area contributed by atoms with Crippen LogP contribution in [0, 0.1) is 5.82 Å². The van der Waals surface area contributed by atoms with Gasteiger partial charge in [0.1, 0.15) is 17.4 Å². The van der Waals surface area contributed by atoms with Crippen LogP contribution in [0.4, 0.5) is 14.9 Å². The van der Waals surface area contributed by atoms with Crippen LogP contribution in [-0.4, -0.2) is 28.6 Å². The van der Waals surface area contributed by atoms with E-state index >= 15 is 0 Å². The fraction of sp³-hybridized carbons (Fsp3) is 0.471. The summed E-state index contributed by atoms with van der Waals surface area (Å²) >= 11 is 0. The number of benzene rings is 1. The molecule has 0 spiro atoms. The number of oxazole rings is 1. The van der Waals surface area contributed by atoms with Gasteiger partial charge in [-0.3, -0.25) is 14.3 Å². The summed E-state index contributed by atoms with van der Waals surface area (Å²) < 4.78 is 26.2. The summed E-state index contributed by atoms with van der Waals surface area (Å²) in [4.78, 5) is 37.0. The molecule has 2 aliphatic heterocycles. The number of carbonyl (C=O) groups is 2. The van der Waals surface area contributed by atoms with Gasteiger partial charge in [-0.1, -0.05) is 6.92 Å². The zero-order chi connectivity index (χ0) is 17.9. The van der Waals surface area contributed by atoms with E-state index in [1.165, 1.54) is 18.0 Å². The summed E-state index contributed by atoms with van der Waals surface area (Å²) in [5.41, 5.74) is 1.27. The molecule has 0 unspecified atom stereocenters. The number of aromatic nitrogens is 1. The van der Waals surface area contributed by atoms with Gasteiger partial charge in [-0.2, -0.15) is 0 Å². The predicted octanol–water partition coefficient (Wildman–Crippen LogP) is 2.28. The van der Waals surface area contributed by atoms with Crippen LogP contribution in [0.25, 0.3) is 11.1 Å². The maximum absolute atomic E-state index is 14.5. The number of anilines is 1. The van der Waals surface area contributed by atoms with Gasteiger partial charge in [-0.05, 0) is 6.42 Å². The Morgan fingerprint density at radius 3 is 2.88 bits per heavy atom. The minimum absolute atomic E-state index is 0.0935. The first-order valence-corrected chi connectivity index (χ1v) is 8.24. The van der Waals surface area contributed by atoms with Crippen LogP contribution in [0.2, 0.25) is 0 Å². The normalized spacial score (nSPS) is 21.6. The van der Waals surface area contributed by atoms with E-state index in [9.17, 15) is 18.8 Å². The lowest BCUT2D eigenvalue weighted by Crippen LogP contribution is -2.33.